The number of hydrogen-bond donors (Lipinski definition) is 1. The molecule has 0 bridgehead atoms. The van der Waals surface area contributed by atoms with Crippen LogP contribution >= 0.6 is 0 Å². The smallest absolute Gasteiger partial charge is 0.453 e. The zero-order chi connectivity index (χ0) is 15.4. The Morgan fingerprint density at radius 3 is 2.00 bits per heavy atom. The summed E-state index contributed by atoms with van der Waals surface area (Å²) >= 11 is 0. The number of carbonyl (C=O) groups excluding carboxylic acids is 1. The number of aliphatic carboxylic acids is 1. The molecular formula is C10H11F5O4. The summed E-state index contributed by atoms with van der Waals surface area (Å²) < 4.78 is 65.9. The number of halogens is 5. The van der Waals surface area contributed by atoms with Gasteiger partial charge in [0, 0.05) is 6.08 Å². The largest absolute Gasteiger partial charge is 0.478 e. The maximum atomic E-state index is 12.8. The maximum Gasteiger partial charge on any atom is 0.453 e. The zero-order valence-corrected chi connectivity index (χ0v) is 9.92. The zero-order valence-electron chi connectivity index (χ0n) is 9.92. The van der Waals surface area contributed by atoms with Crippen molar-refractivity contribution in [1.82, 2.24) is 0 Å². The van der Waals surface area contributed by atoms with Crippen LogP contribution in [-0.4, -0.2) is 35.2 Å². The standard InChI is InChI=1S/C10H11F5O4/c1-5(2)19-8(18)6(3-7(16)17)4-9(11,12)10(13,14)15/h3,5H,4H2,1-2H3,(H,16,17)/b6-3+. The summed E-state index contributed by atoms with van der Waals surface area (Å²) in [4.78, 5) is 21.6. The summed E-state index contributed by atoms with van der Waals surface area (Å²) in [6, 6.07) is 0. The van der Waals surface area contributed by atoms with E-state index in [4.69, 9.17) is 5.11 Å². The monoisotopic (exact) mass is 290 g/mol. The highest BCUT2D eigenvalue weighted by Crippen LogP contribution is 2.40. The van der Waals surface area contributed by atoms with Gasteiger partial charge >= 0.3 is 24.0 Å². The average molecular weight is 290 g/mol. The molecule has 0 fully saturated rings. The van der Waals surface area contributed by atoms with E-state index in [0.29, 0.717) is 0 Å². The van der Waals surface area contributed by atoms with Crippen LogP contribution in [0.1, 0.15) is 20.3 Å². The van der Waals surface area contributed by atoms with Gasteiger partial charge in [-0.1, -0.05) is 0 Å². The Morgan fingerprint density at radius 2 is 1.68 bits per heavy atom. The average Bonchev–Trinajstić information content (AvgIpc) is 2.12. The molecule has 110 valence electrons. The van der Waals surface area contributed by atoms with Crippen molar-refractivity contribution in [3.05, 3.63) is 11.6 Å². The van der Waals surface area contributed by atoms with Crippen molar-refractivity contribution in [2.24, 2.45) is 0 Å². The van der Waals surface area contributed by atoms with Crippen LogP contribution in [0.5, 0.6) is 0 Å². The quantitative estimate of drug-likeness (QED) is 0.480. The summed E-state index contributed by atoms with van der Waals surface area (Å²) in [6.07, 6.45) is -8.79. The van der Waals surface area contributed by atoms with E-state index in [-0.39, 0.29) is 6.08 Å². The van der Waals surface area contributed by atoms with Gasteiger partial charge in [0.15, 0.2) is 0 Å². The third-order valence-electron chi connectivity index (χ3n) is 1.73. The number of alkyl halides is 5. The number of esters is 1. The number of rotatable bonds is 5. The van der Waals surface area contributed by atoms with Crippen LogP contribution in [0.4, 0.5) is 22.0 Å². The molecule has 0 rings (SSSR count). The first-order chi connectivity index (χ1) is 8.36. The van der Waals surface area contributed by atoms with Crippen molar-refractivity contribution >= 4 is 11.9 Å². The number of carbonyl (C=O) groups is 2. The van der Waals surface area contributed by atoms with Crippen LogP contribution in [0.25, 0.3) is 0 Å². The Morgan fingerprint density at radius 1 is 1.21 bits per heavy atom. The SMILES string of the molecule is CC(C)OC(=O)/C(=C/C(=O)O)CC(F)(F)C(F)(F)F. The van der Waals surface area contributed by atoms with Gasteiger partial charge in [-0.3, -0.25) is 0 Å². The van der Waals surface area contributed by atoms with Gasteiger partial charge in [-0.2, -0.15) is 22.0 Å². The number of carboxylic acids is 1. The first-order valence-corrected chi connectivity index (χ1v) is 4.96. The van der Waals surface area contributed by atoms with E-state index < -0.39 is 42.1 Å². The van der Waals surface area contributed by atoms with Gasteiger partial charge in [-0.25, -0.2) is 9.59 Å². The molecule has 4 nitrogen and oxygen atoms in total. The minimum absolute atomic E-state index is 0.0234. The van der Waals surface area contributed by atoms with Crippen LogP contribution in [0.15, 0.2) is 11.6 Å². The van der Waals surface area contributed by atoms with Crippen LogP contribution in [0, 0.1) is 0 Å². The van der Waals surface area contributed by atoms with Crippen LogP contribution < -0.4 is 0 Å². The fourth-order valence-corrected chi connectivity index (χ4v) is 0.960. The molecule has 1 N–H and O–H groups in total. The molecule has 0 aliphatic rings. The van der Waals surface area contributed by atoms with Gasteiger partial charge in [-0.05, 0) is 13.8 Å². The molecule has 0 saturated heterocycles. The lowest BCUT2D eigenvalue weighted by atomic mass is 10.1. The van der Waals surface area contributed by atoms with E-state index in [1.807, 2.05) is 0 Å². The van der Waals surface area contributed by atoms with Crippen molar-refractivity contribution in [3.8, 4) is 0 Å². The van der Waals surface area contributed by atoms with Gasteiger partial charge in [-0.15, -0.1) is 0 Å². The summed E-state index contributed by atoms with van der Waals surface area (Å²) in [5.74, 6) is -8.57. The number of ether oxygens (including phenoxy) is 1. The molecule has 9 heteroatoms. The fraction of sp³-hybridized carbons (Fsp3) is 0.600. The highest BCUT2D eigenvalue weighted by atomic mass is 19.4. The Labute approximate surface area is 104 Å². The summed E-state index contributed by atoms with van der Waals surface area (Å²) in [5, 5.41) is 8.36. The molecule has 0 amide bonds. The molecule has 0 saturated carbocycles. The Hall–Kier alpha value is -1.67. The van der Waals surface area contributed by atoms with Crippen molar-refractivity contribution in [2.75, 3.05) is 0 Å². The molecular weight excluding hydrogens is 279 g/mol. The third-order valence-corrected chi connectivity index (χ3v) is 1.73. The lowest BCUT2D eigenvalue weighted by Crippen LogP contribution is -2.38. The maximum absolute atomic E-state index is 12.8. The second kappa shape index (κ2) is 5.98. The molecule has 19 heavy (non-hydrogen) atoms. The van der Waals surface area contributed by atoms with Crippen LogP contribution in [0.2, 0.25) is 0 Å². The summed E-state index contributed by atoms with van der Waals surface area (Å²) in [5.41, 5.74) is -1.26. The van der Waals surface area contributed by atoms with E-state index in [2.05, 4.69) is 4.74 Å². The van der Waals surface area contributed by atoms with E-state index in [1.54, 1.807) is 0 Å². The van der Waals surface area contributed by atoms with Crippen LogP contribution in [0.3, 0.4) is 0 Å². The molecule has 0 radical (unpaired) electrons. The first kappa shape index (κ1) is 17.3. The number of hydrogen-bond acceptors (Lipinski definition) is 3. The molecule has 0 unspecified atom stereocenters. The van der Waals surface area contributed by atoms with Gasteiger partial charge in [0.25, 0.3) is 0 Å². The highest BCUT2D eigenvalue weighted by molar-refractivity contribution is 5.95. The summed E-state index contributed by atoms with van der Waals surface area (Å²) in [6.45, 7) is 2.66. The highest BCUT2D eigenvalue weighted by Gasteiger charge is 2.58. The minimum Gasteiger partial charge on any atom is -0.478 e. The molecule has 0 heterocycles. The summed E-state index contributed by atoms with van der Waals surface area (Å²) in [7, 11) is 0. The van der Waals surface area contributed by atoms with E-state index >= 15 is 0 Å². The van der Waals surface area contributed by atoms with Crippen LogP contribution in [-0.2, 0) is 14.3 Å². The van der Waals surface area contributed by atoms with Gasteiger partial charge in [0.05, 0.1) is 18.1 Å². The van der Waals surface area contributed by atoms with Gasteiger partial charge in [0.1, 0.15) is 0 Å². The fourth-order valence-electron chi connectivity index (χ4n) is 0.960. The Kier molecular flexibility index (Phi) is 5.46. The molecule has 0 aromatic rings. The molecule has 0 atom stereocenters. The molecule has 0 aliphatic heterocycles. The van der Waals surface area contributed by atoms with E-state index in [1.165, 1.54) is 13.8 Å². The Bertz CT molecular complexity index is 384. The second-order valence-corrected chi connectivity index (χ2v) is 3.84. The lowest BCUT2D eigenvalue weighted by Gasteiger charge is -2.20. The minimum atomic E-state index is -5.89. The topological polar surface area (TPSA) is 63.6 Å². The third kappa shape index (κ3) is 5.66. The van der Waals surface area contributed by atoms with Crippen molar-refractivity contribution in [2.45, 2.75) is 38.5 Å². The Balaban J connectivity index is 5.22. The molecule has 0 spiro atoms. The van der Waals surface area contributed by atoms with Crippen molar-refractivity contribution < 1.29 is 41.4 Å². The molecule has 0 aromatic carbocycles. The van der Waals surface area contributed by atoms with E-state index in [0.717, 1.165) is 0 Å². The van der Waals surface area contributed by atoms with E-state index in [9.17, 15) is 31.5 Å². The van der Waals surface area contributed by atoms with Crippen molar-refractivity contribution in [1.29, 1.82) is 0 Å². The molecule has 0 aliphatic carbocycles. The lowest BCUT2D eigenvalue weighted by molar-refractivity contribution is -0.281. The first-order valence-electron chi connectivity index (χ1n) is 4.96. The number of carboxylic acid groups (broad SMARTS) is 1. The second-order valence-electron chi connectivity index (χ2n) is 3.84. The molecule has 0 aromatic heterocycles. The van der Waals surface area contributed by atoms with Crippen molar-refractivity contribution in [3.63, 3.8) is 0 Å². The van der Waals surface area contributed by atoms with Gasteiger partial charge < -0.3 is 9.84 Å². The predicted molar refractivity (Wildman–Crippen MR) is 52.6 cm³/mol. The predicted octanol–water partition coefficient (Wildman–Crippen LogP) is 2.54. The normalized spacial score (nSPS) is 13.6. The van der Waals surface area contributed by atoms with Gasteiger partial charge in [0.2, 0.25) is 0 Å².